The fourth-order valence-corrected chi connectivity index (χ4v) is 5.25. The summed E-state index contributed by atoms with van der Waals surface area (Å²) >= 11 is 5.69. The van der Waals surface area contributed by atoms with Crippen molar-refractivity contribution >= 4 is 27.6 Å². The van der Waals surface area contributed by atoms with Gasteiger partial charge in [-0.15, -0.1) is 0 Å². The maximum absolute atomic E-state index is 14.2. The molecule has 7 nitrogen and oxygen atoms in total. The topological polar surface area (TPSA) is 87.2 Å². The molecule has 26 heavy (non-hydrogen) atoms. The zero-order valence-electron chi connectivity index (χ0n) is 14.2. The molecule has 0 radical (unpaired) electrons. The van der Waals surface area contributed by atoms with E-state index in [4.69, 9.17) is 21.4 Å². The number of carboxylic acid groups (broad SMARTS) is 1. The molecule has 1 N–H and O–H groups in total. The number of hydrogen-bond acceptors (Lipinski definition) is 5. The van der Waals surface area contributed by atoms with E-state index >= 15 is 0 Å². The third-order valence-corrected chi connectivity index (χ3v) is 7.17. The third kappa shape index (κ3) is 3.59. The van der Waals surface area contributed by atoms with Crippen molar-refractivity contribution < 1.29 is 27.4 Å². The van der Waals surface area contributed by atoms with E-state index in [1.165, 1.54) is 4.31 Å². The number of morpholine rings is 1. The predicted molar refractivity (Wildman–Crippen MR) is 92.5 cm³/mol. The average Bonchev–Trinajstić information content (AvgIpc) is 2.54. The molecule has 10 heteroatoms. The van der Waals surface area contributed by atoms with Gasteiger partial charge in [-0.3, -0.25) is 0 Å². The van der Waals surface area contributed by atoms with E-state index in [-0.39, 0.29) is 23.7 Å². The number of nitrogens with zero attached hydrogens (tertiary/aromatic N) is 2. The number of sulfonamides is 1. The summed E-state index contributed by atoms with van der Waals surface area (Å²) in [6.07, 6.45) is 0.995. The minimum Gasteiger partial charge on any atom is -0.478 e. The maximum atomic E-state index is 14.2. The predicted octanol–water partition coefficient (Wildman–Crippen LogP) is 1.66. The molecule has 2 fully saturated rings. The Bertz CT molecular complexity index is 824. The van der Waals surface area contributed by atoms with Crippen molar-refractivity contribution in [3.05, 3.63) is 28.5 Å². The van der Waals surface area contributed by atoms with Gasteiger partial charge in [0.15, 0.2) is 0 Å². The number of likely N-dealkylation sites (N-methyl/N-ethyl adjacent to an activating group) is 1. The number of aromatic carboxylic acids is 1. The van der Waals surface area contributed by atoms with Crippen LogP contribution < -0.4 is 0 Å². The number of hydrogen-bond donors (Lipinski definition) is 1. The van der Waals surface area contributed by atoms with E-state index in [1.807, 2.05) is 7.05 Å². The lowest BCUT2D eigenvalue weighted by Gasteiger charge is -2.46. The second-order valence-electron chi connectivity index (χ2n) is 6.74. The summed E-state index contributed by atoms with van der Waals surface area (Å²) in [5, 5.41) is 8.77. The van der Waals surface area contributed by atoms with Crippen molar-refractivity contribution in [3.63, 3.8) is 0 Å². The Morgan fingerprint density at radius 1 is 1.31 bits per heavy atom. The maximum Gasteiger partial charge on any atom is 0.337 e. The molecule has 0 atom stereocenters. The highest BCUT2D eigenvalue weighted by Crippen LogP contribution is 2.33. The number of piperidine rings is 1. The van der Waals surface area contributed by atoms with E-state index in [0.29, 0.717) is 19.4 Å². The van der Waals surface area contributed by atoms with Gasteiger partial charge in [-0.25, -0.2) is 17.6 Å². The summed E-state index contributed by atoms with van der Waals surface area (Å²) < 4.78 is 47.0. The highest BCUT2D eigenvalue weighted by molar-refractivity contribution is 7.89. The Balaban J connectivity index is 1.84. The van der Waals surface area contributed by atoms with Crippen LogP contribution in [0.4, 0.5) is 4.39 Å². The van der Waals surface area contributed by atoms with Crippen LogP contribution in [-0.2, 0) is 14.8 Å². The monoisotopic (exact) mass is 406 g/mol. The van der Waals surface area contributed by atoms with Gasteiger partial charge in [-0.1, -0.05) is 11.6 Å². The van der Waals surface area contributed by atoms with Crippen LogP contribution in [0.2, 0.25) is 5.02 Å². The average molecular weight is 407 g/mol. The van der Waals surface area contributed by atoms with E-state index in [0.717, 1.165) is 25.2 Å². The number of carbonyl (C=O) groups is 1. The molecule has 0 aromatic heterocycles. The van der Waals surface area contributed by atoms with Crippen molar-refractivity contribution in [1.82, 2.24) is 9.21 Å². The van der Waals surface area contributed by atoms with E-state index in [1.54, 1.807) is 0 Å². The molecule has 144 valence electrons. The summed E-state index contributed by atoms with van der Waals surface area (Å²) in [5.41, 5.74) is -0.832. The van der Waals surface area contributed by atoms with Crippen LogP contribution in [0.3, 0.4) is 0 Å². The number of ether oxygens (including phenoxy) is 1. The van der Waals surface area contributed by atoms with Gasteiger partial charge in [0.25, 0.3) is 0 Å². The largest absolute Gasteiger partial charge is 0.478 e. The minimum absolute atomic E-state index is 0.181. The SMILES string of the molecule is CN1CCOC2(CCN(S(=O)(=O)c3cc(C(=O)O)c(Cl)cc3F)CC2)C1. The van der Waals surface area contributed by atoms with Crippen molar-refractivity contribution in [3.8, 4) is 0 Å². The summed E-state index contributed by atoms with van der Waals surface area (Å²) in [4.78, 5) is 12.7. The van der Waals surface area contributed by atoms with Crippen LogP contribution >= 0.6 is 11.6 Å². The number of benzene rings is 1. The van der Waals surface area contributed by atoms with Gasteiger partial charge < -0.3 is 14.7 Å². The lowest BCUT2D eigenvalue weighted by Crippen LogP contribution is -2.56. The molecule has 0 amide bonds. The Morgan fingerprint density at radius 3 is 2.54 bits per heavy atom. The lowest BCUT2D eigenvalue weighted by atomic mass is 9.90. The highest BCUT2D eigenvalue weighted by Gasteiger charge is 2.42. The van der Waals surface area contributed by atoms with Crippen LogP contribution in [0.1, 0.15) is 23.2 Å². The zero-order valence-corrected chi connectivity index (χ0v) is 15.8. The normalized spacial score (nSPS) is 21.8. The first-order chi connectivity index (χ1) is 12.1. The van der Waals surface area contributed by atoms with Gasteiger partial charge in [0, 0.05) is 26.2 Å². The van der Waals surface area contributed by atoms with Gasteiger partial charge in [0.05, 0.1) is 22.8 Å². The van der Waals surface area contributed by atoms with Crippen LogP contribution in [0, 0.1) is 5.82 Å². The van der Waals surface area contributed by atoms with Gasteiger partial charge in [0.2, 0.25) is 10.0 Å². The standard InChI is InChI=1S/C16H20ClFN2O5S/c1-19-6-7-25-16(10-19)2-4-20(5-3-16)26(23,24)14-8-11(15(21)22)12(17)9-13(14)18/h8-9H,2-7,10H2,1H3,(H,21,22). The fraction of sp³-hybridized carbons (Fsp3) is 0.562. The van der Waals surface area contributed by atoms with E-state index in [2.05, 4.69) is 4.90 Å². The molecule has 0 bridgehead atoms. The summed E-state index contributed by atoms with van der Waals surface area (Å²) in [7, 11) is -2.18. The Morgan fingerprint density at radius 2 is 1.96 bits per heavy atom. The Kier molecular flexibility index (Phi) is 5.28. The van der Waals surface area contributed by atoms with E-state index in [9.17, 15) is 17.6 Å². The minimum atomic E-state index is -4.17. The van der Waals surface area contributed by atoms with Crippen LogP contribution in [0.5, 0.6) is 0 Å². The second-order valence-corrected chi connectivity index (χ2v) is 9.05. The molecule has 1 aromatic rings. The molecule has 2 aliphatic rings. The molecule has 1 spiro atoms. The molecule has 2 aliphatic heterocycles. The molecule has 0 unspecified atom stereocenters. The molecular formula is C16H20ClFN2O5S. The zero-order chi connectivity index (χ0) is 19.1. The first kappa shape index (κ1) is 19.5. The van der Waals surface area contributed by atoms with Gasteiger partial charge >= 0.3 is 5.97 Å². The van der Waals surface area contributed by atoms with Crippen LogP contribution in [-0.4, -0.2) is 74.1 Å². The lowest BCUT2D eigenvalue weighted by molar-refractivity contribution is -0.124. The first-order valence-electron chi connectivity index (χ1n) is 8.20. The first-order valence-corrected chi connectivity index (χ1v) is 10.0. The fourth-order valence-electron chi connectivity index (χ4n) is 3.50. The number of rotatable bonds is 3. The highest BCUT2D eigenvalue weighted by atomic mass is 35.5. The summed E-state index contributed by atoms with van der Waals surface area (Å²) in [6, 6.07) is 1.51. The Labute approximate surface area is 156 Å². The van der Waals surface area contributed by atoms with Crippen molar-refractivity contribution in [2.45, 2.75) is 23.3 Å². The van der Waals surface area contributed by atoms with Crippen molar-refractivity contribution in [2.75, 3.05) is 39.8 Å². The van der Waals surface area contributed by atoms with Gasteiger partial charge in [-0.05, 0) is 32.0 Å². The molecule has 0 saturated carbocycles. The molecule has 1 aromatic carbocycles. The van der Waals surface area contributed by atoms with Gasteiger partial charge in [-0.2, -0.15) is 4.31 Å². The smallest absolute Gasteiger partial charge is 0.337 e. The number of halogens is 2. The Hall–Kier alpha value is -1.26. The molecule has 3 rings (SSSR count). The van der Waals surface area contributed by atoms with Crippen molar-refractivity contribution in [2.24, 2.45) is 0 Å². The van der Waals surface area contributed by atoms with Crippen LogP contribution in [0.25, 0.3) is 0 Å². The quantitative estimate of drug-likeness (QED) is 0.821. The molecule has 2 saturated heterocycles. The summed E-state index contributed by atoms with van der Waals surface area (Å²) in [5.74, 6) is -2.48. The second kappa shape index (κ2) is 7.05. The van der Waals surface area contributed by atoms with Crippen molar-refractivity contribution in [1.29, 1.82) is 0 Å². The summed E-state index contributed by atoms with van der Waals surface area (Å²) in [6.45, 7) is 2.51. The van der Waals surface area contributed by atoms with Crippen LogP contribution in [0.15, 0.2) is 17.0 Å². The molecule has 0 aliphatic carbocycles. The van der Waals surface area contributed by atoms with Gasteiger partial charge in [0.1, 0.15) is 10.7 Å². The molecular weight excluding hydrogens is 387 g/mol. The number of carboxylic acids is 1. The molecule has 2 heterocycles. The van der Waals surface area contributed by atoms with E-state index < -0.39 is 32.3 Å². The third-order valence-electron chi connectivity index (χ3n) is 4.94.